The molecular formula is C11H20N4O3S2. The zero-order chi connectivity index (χ0) is 15.2. The summed E-state index contributed by atoms with van der Waals surface area (Å²) >= 11 is 1.34. The van der Waals surface area contributed by atoms with Crippen molar-refractivity contribution in [2.45, 2.75) is 19.9 Å². The molecule has 0 aliphatic rings. The van der Waals surface area contributed by atoms with E-state index in [2.05, 4.69) is 10.3 Å². The van der Waals surface area contributed by atoms with E-state index in [0.29, 0.717) is 36.8 Å². The number of nitrogens with one attached hydrogen (secondary N) is 1. The maximum Gasteiger partial charge on any atom is 0.270 e. The summed E-state index contributed by atoms with van der Waals surface area (Å²) in [5.74, 6) is -0.182. The minimum atomic E-state index is -3.16. The van der Waals surface area contributed by atoms with Gasteiger partial charge in [0, 0.05) is 32.1 Å². The number of rotatable bonds is 8. The molecule has 0 bridgehead atoms. The number of thiazole rings is 1. The van der Waals surface area contributed by atoms with E-state index in [4.69, 9.17) is 5.73 Å². The van der Waals surface area contributed by atoms with Gasteiger partial charge in [-0.25, -0.2) is 17.7 Å². The zero-order valence-corrected chi connectivity index (χ0v) is 13.3. The van der Waals surface area contributed by atoms with Crippen molar-refractivity contribution in [2.24, 2.45) is 5.73 Å². The summed E-state index contributed by atoms with van der Waals surface area (Å²) in [6, 6.07) is 0. The largest absolute Gasteiger partial charge is 0.351 e. The maximum absolute atomic E-state index is 11.7. The molecule has 0 spiro atoms. The van der Waals surface area contributed by atoms with Crippen LogP contribution in [0.2, 0.25) is 0 Å². The lowest BCUT2D eigenvalue weighted by Crippen LogP contribution is -2.32. The smallest absolute Gasteiger partial charge is 0.270 e. The van der Waals surface area contributed by atoms with E-state index in [0.717, 1.165) is 0 Å². The highest BCUT2D eigenvalue weighted by Gasteiger charge is 2.14. The van der Waals surface area contributed by atoms with Crippen LogP contribution in [0.5, 0.6) is 0 Å². The quantitative estimate of drug-likeness (QED) is 0.656. The van der Waals surface area contributed by atoms with Crippen molar-refractivity contribution in [3.63, 3.8) is 0 Å². The van der Waals surface area contributed by atoms with Gasteiger partial charge in [-0.05, 0) is 13.3 Å². The van der Waals surface area contributed by atoms with Crippen molar-refractivity contribution in [1.82, 2.24) is 14.6 Å². The van der Waals surface area contributed by atoms with Crippen molar-refractivity contribution in [1.29, 1.82) is 0 Å². The van der Waals surface area contributed by atoms with Crippen LogP contribution in [-0.4, -0.2) is 49.5 Å². The summed E-state index contributed by atoms with van der Waals surface area (Å²) in [5.41, 5.74) is 5.78. The summed E-state index contributed by atoms with van der Waals surface area (Å²) < 4.78 is 24.3. The first-order chi connectivity index (χ1) is 9.40. The van der Waals surface area contributed by atoms with Crippen LogP contribution in [0.1, 0.15) is 28.8 Å². The SMILES string of the molecule is CCS(=O)(=O)N(C)CCCNC(=O)c1csc(CN)n1. The van der Waals surface area contributed by atoms with Gasteiger partial charge in [-0.3, -0.25) is 4.79 Å². The van der Waals surface area contributed by atoms with Gasteiger partial charge in [0.25, 0.3) is 5.91 Å². The summed E-state index contributed by atoms with van der Waals surface area (Å²) in [7, 11) is -1.62. The number of carbonyl (C=O) groups excluding carboxylic acids is 1. The monoisotopic (exact) mass is 320 g/mol. The number of hydrogen-bond acceptors (Lipinski definition) is 6. The third kappa shape index (κ3) is 4.82. The number of amides is 1. The lowest BCUT2D eigenvalue weighted by Gasteiger charge is -2.15. The van der Waals surface area contributed by atoms with Crippen LogP contribution >= 0.6 is 11.3 Å². The Morgan fingerprint density at radius 3 is 2.80 bits per heavy atom. The Hall–Kier alpha value is -1.03. The van der Waals surface area contributed by atoms with Gasteiger partial charge >= 0.3 is 0 Å². The van der Waals surface area contributed by atoms with Crippen molar-refractivity contribution in [3.8, 4) is 0 Å². The molecule has 0 saturated carbocycles. The van der Waals surface area contributed by atoms with Gasteiger partial charge in [-0.2, -0.15) is 0 Å². The Bertz CT molecular complexity index is 542. The first-order valence-electron chi connectivity index (χ1n) is 6.27. The van der Waals surface area contributed by atoms with Crippen LogP contribution < -0.4 is 11.1 Å². The average Bonchev–Trinajstić information content (AvgIpc) is 2.91. The van der Waals surface area contributed by atoms with Gasteiger partial charge in [-0.1, -0.05) is 0 Å². The molecule has 0 fully saturated rings. The maximum atomic E-state index is 11.7. The number of sulfonamides is 1. The Morgan fingerprint density at radius 1 is 1.55 bits per heavy atom. The Balaban J connectivity index is 2.32. The molecular weight excluding hydrogens is 300 g/mol. The van der Waals surface area contributed by atoms with E-state index < -0.39 is 10.0 Å². The van der Waals surface area contributed by atoms with Crippen LogP contribution in [0, 0.1) is 0 Å². The summed E-state index contributed by atoms with van der Waals surface area (Å²) in [6.45, 7) is 2.70. The molecule has 9 heteroatoms. The standard InChI is InChI=1S/C11H20N4O3S2/c1-3-20(17,18)15(2)6-4-5-13-11(16)9-8-19-10(7-12)14-9/h8H,3-7,12H2,1-2H3,(H,13,16). The van der Waals surface area contributed by atoms with Gasteiger partial charge in [0.15, 0.2) is 0 Å². The second kappa shape index (κ2) is 7.67. The molecule has 0 unspecified atom stereocenters. The summed E-state index contributed by atoms with van der Waals surface area (Å²) in [5, 5.41) is 5.07. The highest BCUT2D eigenvalue weighted by molar-refractivity contribution is 7.89. The van der Waals surface area contributed by atoms with Gasteiger partial charge in [0.05, 0.1) is 5.75 Å². The molecule has 1 aromatic rings. The molecule has 0 aliphatic heterocycles. The number of carbonyl (C=O) groups is 1. The minimum absolute atomic E-state index is 0.0799. The Labute approximate surface area is 123 Å². The Morgan fingerprint density at radius 2 is 2.25 bits per heavy atom. The molecule has 114 valence electrons. The minimum Gasteiger partial charge on any atom is -0.351 e. The summed E-state index contributed by atoms with van der Waals surface area (Å²) in [4.78, 5) is 15.8. The highest BCUT2D eigenvalue weighted by atomic mass is 32.2. The molecule has 7 nitrogen and oxygen atoms in total. The predicted molar refractivity (Wildman–Crippen MR) is 79.0 cm³/mol. The molecule has 0 radical (unpaired) electrons. The molecule has 0 aromatic carbocycles. The fraction of sp³-hybridized carbons (Fsp3) is 0.636. The molecule has 0 saturated heterocycles. The van der Waals surface area contributed by atoms with E-state index in [1.807, 2.05) is 0 Å². The van der Waals surface area contributed by atoms with E-state index in [1.54, 1.807) is 12.3 Å². The fourth-order valence-corrected chi connectivity index (χ4v) is 2.97. The predicted octanol–water partition coefficient (Wildman–Crippen LogP) is 0.00320. The van der Waals surface area contributed by atoms with E-state index >= 15 is 0 Å². The normalized spacial score (nSPS) is 11.8. The zero-order valence-electron chi connectivity index (χ0n) is 11.6. The molecule has 0 aliphatic carbocycles. The number of nitrogens with two attached hydrogens (primary N) is 1. The van der Waals surface area contributed by atoms with Crippen LogP contribution in [0.25, 0.3) is 0 Å². The lowest BCUT2D eigenvalue weighted by atomic mass is 10.4. The molecule has 1 heterocycles. The van der Waals surface area contributed by atoms with Crippen molar-refractivity contribution in [3.05, 3.63) is 16.1 Å². The molecule has 1 amide bonds. The van der Waals surface area contributed by atoms with Gasteiger partial charge in [0.2, 0.25) is 10.0 Å². The van der Waals surface area contributed by atoms with Gasteiger partial charge < -0.3 is 11.1 Å². The second-order valence-electron chi connectivity index (χ2n) is 4.16. The van der Waals surface area contributed by atoms with Gasteiger partial charge in [0.1, 0.15) is 10.7 Å². The number of nitrogens with zero attached hydrogens (tertiary/aromatic N) is 2. The fourth-order valence-electron chi connectivity index (χ4n) is 1.46. The first kappa shape index (κ1) is 17.0. The van der Waals surface area contributed by atoms with Crippen molar-refractivity contribution < 1.29 is 13.2 Å². The number of aromatic nitrogens is 1. The van der Waals surface area contributed by atoms with Gasteiger partial charge in [-0.15, -0.1) is 11.3 Å². The third-order valence-corrected chi connectivity index (χ3v) is 5.47. The van der Waals surface area contributed by atoms with Crippen molar-refractivity contribution >= 4 is 27.3 Å². The average molecular weight is 320 g/mol. The molecule has 0 atom stereocenters. The van der Waals surface area contributed by atoms with Crippen LogP contribution in [0.15, 0.2) is 5.38 Å². The topological polar surface area (TPSA) is 105 Å². The summed E-state index contributed by atoms with van der Waals surface area (Å²) in [6.07, 6.45) is 0.551. The lowest BCUT2D eigenvalue weighted by molar-refractivity contribution is 0.0948. The van der Waals surface area contributed by atoms with Crippen molar-refractivity contribution in [2.75, 3.05) is 25.9 Å². The highest BCUT2D eigenvalue weighted by Crippen LogP contribution is 2.08. The molecule has 1 aromatic heterocycles. The second-order valence-corrected chi connectivity index (χ2v) is 7.47. The van der Waals surface area contributed by atoms with E-state index in [1.165, 1.54) is 22.7 Å². The van der Waals surface area contributed by atoms with E-state index in [-0.39, 0.29) is 11.7 Å². The molecule has 20 heavy (non-hydrogen) atoms. The molecule has 1 rings (SSSR count). The van der Waals surface area contributed by atoms with E-state index in [9.17, 15) is 13.2 Å². The van der Waals surface area contributed by atoms with Crippen LogP contribution in [0.4, 0.5) is 0 Å². The first-order valence-corrected chi connectivity index (χ1v) is 8.76. The third-order valence-electron chi connectivity index (χ3n) is 2.73. The molecule has 3 N–H and O–H groups in total. The Kier molecular flexibility index (Phi) is 6.53. The number of hydrogen-bond donors (Lipinski definition) is 2. The van der Waals surface area contributed by atoms with Crippen LogP contribution in [0.3, 0.4) is 0 Å². The van der Waals surface area contributed by atoms with Crippen LogP contribution in [-0.2, 0) is 16.6 Å².